The largest absolute Gasteiger partial charge is 0.319 e. The maximum atomic E-state index is 12.4. The normalized spacial score (nSPS) is 12.3. The molecular weight excluding hydrogens is 284 g/mol. The van der Waals surface area contributed by atoms with Crippen LogP contribution in [-0.2, 0) is 14.1 Å². The third kappa shape index (κ3) is 2.31. The third-order valence-corrected chi connectivity index (χ3v) is 4.58. The molecule has 0 N–H and O–H groups in total. The predicted molar refractivity (Wildman–Crippen MR) is 83.4 cm³/mol. The summed E-state index contributed by atoms with van der Waals surface area (Å²) >= 11 is 1.52. The lowest BCUT2D eigenvalue weighted by molar-refractivity contribution is 0.0988. The fourth-order valence-corrected chi connectivity index (χ4v) is 3.46. The van der Waals surface area contributed by atoms with Gasteiger partial charge >= 0.3 is 0 Å². The second kappa shape index (κ2) is 4.96. The zero-order chi connectivity index (χ0) is 15.1. The van der Waals surface area contributed by atoms with Gasteiger partial charge in [0.05, 0.1) is 16.4 Å². The lowest BCUT2D eigenvalue weighted by atomic mass is 10.2. The number of amides is 1. The van der Waals surface area contributed by atoms with Crippen molar-refractivity contribution in [2.24, 2.45) is 19.1 Å². The van der Waals surface area contributed by atoms with Gasteiger partial charge in [-0.2, -0.15) is 10.1 Å². The Hall–Kier alpha value is -2.21. The highest BCUT2D eigenvalue weighted by Crippen LogP contribution is 2.18. The highest BCUT2D eigenvalue weighted by atomic mass is 32.1. The van der Waals surface area contributed by atoms with E-state index in [0.717, 1.165) is 15.8 Å². The van der Waals surface area contributed by atoms with E-state index in [0.29, 0.717) is 10.5 Å². The Kier molecular flexibility index (Phi) is 3.25. The topological polar surface area (TPSA) is 52.2 Å². The van der Waals surface area contributed by atoms with Crippen LogP contribution in [0.25, 0.3) is 10.2 Å². The van der Waals surface area contributed by atoms with Crippen LogP contribution in [0.5, 0.6) is 0 Å². The van der Waals surface area contributed by atoms with E-state index in [-0.39, 0.29) is 5.91 Å². The number of hydrogen-bond acceptors (Lipinski definition) is 3. The molecule has 1 amide bonds. The summed E-state index contributed by atoms with van der Waals surface area (Å²) in [6, 6.07) is 6.23. The molecule has 0 aliphatic heterocycles. The first-order valence-corrected chi connectivity index (χ1v) is 7.43. The number of fused-ring (bicyclic) bond motifs is 1. The molecule has 2 heterocycles. The Morgan fingerprint density at radius 1 is 1.29 bits per heavy atom. The van der Waals surface area contributed by atoms with E-state index in [2.05, 4.69) is 35.2 Å². The summed E-state index contributed by atoms with van der Waals surface area (Å²) in [6.45, 7) is 3.92. The zero-order valence-electron chi connectivity index (χ0n) is 12.4. The number of nitrogens with zero attached hydrogens (tertiary/aromatic N) is 4. The molecule has 0 bridgehead atoms. The molecule has 0 unspecified atom stereocenters. The molecule has 0 saturated carbocycles. The molecule has 108 valence electrons. The van der Waals surface area contributed by atoms with Crippen molar-refractivity contribution in [3.05, 3.63) is 46.0 Å². The predicted octanol–water partition coefficient (Wildman–Crippen LogP) is 2.33. The molecule has 0 atom stereocenters. The monoisotopic (exact) mass is 300 g/mol. The van der Waals surface area contributed by atoms with Crippen molar-refractivity contribution in [1.82, 2.24) is 14.3 Å². The number of rotatable bonds is 1. The van der Waals surface area contributed by atoms with Crippen LogP contribution in [0.2, 0.25) is 0 Å². The average molecular weight is 300 g/mol. The molecule has 0 aliphatic rings. The summed E-state index contributed by atoms with van der Waals surface area (Å²) in [6.07, 6.45) is 1.68. The highest BCUT2D eigenvalue weighted by Gasteiger charge is 2.14. The minimum absolute atomic E-state index is 0.258. The molecule has 1 aromatic carbocycles. The first-order chi connectivity index (χ1) is 9.97. The van der Waals surface area contributed by atoms with E-state index >= 15 is 0 Å². The number of aryl methyl sites for hydroxylation is 4. The lowest BCUT2D eigenvalue weighted by Gasteiger charge is -1.98. The van der Waals surface area contributed by atoms with Crippen molar-refractivity contribution in [1.29, 1.82) is 0 Å². The van der Waals surface area contributed by atoms with E-state index in [1.807, 2.05) is 18.5 Å². The minimum atomic E-state index is -0.258. The summed E-state index contributed by atoms with van der Waals surface area (Å²) in [5.41, 5.74) is 3.65. The van der Waals surface area contributed by atoms with Crippen molar-refractivity contribution < 1.29 is 4.79 Å². The van der Waals surface area contributed by atoms with Crippen molar-refractivity contribution in [3.63, 3.8) is 0 Å². The van der Waals surface area contributed by atoms with E-state index < -0.39 is 0 Å². The molecule has 0 radical (unpaired) electrons. The van der Waals surface area contributed by atoms with Gasteiger partial charge in [0.15, 0.2) is 4.80 Å². The second-order valence-electron chi connectivity index (χ2n) is 5.13. The number of aromatic nitrogens is 3. The van der Waals surface area contributed by atoms with Crippen molar-refractivity contribution in [2.75, 3.05) is 0 Å². The van der Waals surface area contributed by atoms with Crippen LogP contribution in [0.15, 0.2) is 29.4 Å². The second-order valence-corrected chi connectivity index (χ2v) is 6.14. The molecule has 3 rings (SSSR count). The summed E-state index contributed by atoms with van der Waals surface area (Å²) in [4.78, 5) is 17.3. The number of carbonyl (C=O) groups excluding carboxylic acids is 1. The van der Waals surface area contributed by atoms with Gasteiger partial charge in [-0.15, -0.1) is 0 Å². The van der Waals surface area contributed by atoms with Crippen LogP contribution in [0.3, 0.4) is 0 Å². The van der Waals surface area contributed by atoms with Gasteiger partial charge in [-0.3, -0.25) is 9.48 Å². The van der Waals surface area contributed by atoms with Gasteiger partial charge in [0.1, 0.15) is 5.69 Å². The maximum Gasteiger partial charge on any atom is 0.298 e. The minimum Gasteiger partial charge on any atom is -0.319 e. The number of carbonyl (C=O) groups is 1. The quantitative estimate of drug-likeness (QED) is 0.692. The van der Waals surface area contributed by atoms with E-state index in [4.69, 9.17) is 0 Å². The SMILES string of the molecule is Cc1ccc2c(c1)sc(=NC(=O)c1c(C)cnn1C)n2C. The van der Waals surface area contributed by atoms with Gasteiger partial charge in [0.2, 0.25) is 0 Å². The van der Waals surface area contributed by atoms with Crippen LogP contribution < -0.4 is 4.80 Å². The van der Waals surface area contributed by atoms with Gasteiger partial charge in [-0.25, -0.2) is 0 Å². The standard InChI is InChI=1S/C15H16N4OS/c1-9-5-6-11-12(7-9)21-15(18(11)3)17-14(20)13-10(2)8-16-19(13)4/h5-8H,1-4H3. The Balaban J connectivity index is 2.16. The van der Waals surface area contributed by atoms with Crippen LogP contribution in [0.1, 0.15) is 21.6 Å². The van der Waals surface area contributed by atoms with Crippen molar-refractivity contribution in [3.8, 4) is 0 Å². The molecule has 6 heteroatoms. The fourth-order valence-electron chi connectivity index (χ4n) is 2.34. The van der Waals surface area contributed by atoms with Crippen LogP contribution >= 0.6 is 11.3 Å². The Morgan fingerprint density at radius 3 is 2.71 bits per heavy atom. The van der Waals surface area contributed by atoms with Gasteiger partial charge in [0, 0.05) is 19.7 Å². The average Bonchev–Trinajstić information content (AvgIpc) is 2.91. The third-order valence-electron chi connectivity index (χ3n) is 3.49. The first-order valence-electron chi connectivity index (χ1n) is 6.61. The molecule has 0 aliphatic carbocycles. The van der Waals surface area contributed by atoms with E-state index in [9.17, 15) is 4.79 Å². The van der Waals surface area contributed by atoms with E-state index in [1.165, 1.54) is 16.9 Å². The van der Waals surface area contributed by atoms with Gasteiger partial charge in [-0.05, 0) is 31.5 Å². The van der Waals surface area contributed by atoms with Crippen molar-refractivity contribution in [2.45, 2.75) is 13.8 Å². The van der Waals surface area contributed by atoms with Crippen LogP contribution in [0, 0.1) is 13.8 Å². The molecule has 0 saturated heterocycles. The highest BCUT2D eigenvalue weighted by molar-refractivity contribution is 7.16. The summed E-state index contributed by atoms with van der Waals surface area (Å²) in [7, 11) is 3.68. The van der Waals surface area contributed by atoms with Crippen LogP contribution in [-0.4, -0.2) is 20.3 Å². The summed E-state index contributed by atoms with van der Waals surface area (Å²) in [5.74, 6) is -0.258. The van der Waals surface area contributed by atoms with Gasteiger partial charge < -0.3 is 4.57 Å². The van der Waals surface area contributed by atoms with Crippen molar-refractivity contribution >= 4 is 27.5 Å². The van der Waals surface area contributed by atoms with E-state index in [1.54, 1.807) is 17.9 Å². The lowest BCUT2D eigenvalue weighted by Crippen LogP contribution is -2.15. The molecular formula is C15H16N4OS. The Labute approximate surface area is 126 Å². The molecule has 21 heavy (non-hydrogen) atoms. The molecule has 0 spiro atoms. The van der Waals surface area contributed by atoms with Crippen LogP contribution in [0.4, 0.5) is 0 Å². The number of benzene rings is 1. The fraction of sp³-hybridized carbons (Fsp3) is 0.267. The summed E-state index contributed by atoms with van der Waals surface area (Å²) < 4.78 is 4.65. The number of hydrogen-bond donors (Lipinski definition) is 0. The smallest absolute Gasteiger partial charge is 0.298 e. The van der Waals surface area contributed by atoms with Gasteiger partial charge in [0.25, 0.3) is 5.91 Å². The molecule has 3 aromatic rings. The number of thiazole rings is 1. The first kappa shape index (κ1) is 13.8. The Morgan fingerprint density at radius 2 is 2.05 bits per heavy atom. The van der Waals surface area contributed by atoms with Gasteiger partial charge in [-0.1, -0.05) is 17.4 Å². The molecule has 5 nitrogen and oxygen atoms in total. The zero-order valence-corrected chi connectivity index (χ0v) is 13.2. The Bertz CT molecular complexity index is 894. The maximum absolute atomic E-state index is 12.4. The molecule has 2 aromatic heterocycles. The summed E-state index contributed by atoms with van der Waals surface area (Å²) in [5, 5.41) is 4.09. The molecule has 0 fully saturated rings.